The number of carbonyl (C=O) groups is 1. The first-order valence-electron chi connectivity index (χ1n) is 8.57. The van der Waals surface area contributed by atoms with Crippen LogP contribution in [0.3, 0.4) is 0 Å². The van der Waals surface area contributed by atoms with Crippen LogP contribution in [0.15, 0.2) is 71.2 Å². The number of Topliss-reactive ketones (excluding diaryl/α,β-unsaturated/α-hetero) is 1. The number of benzene rings is 2. The smallest absolute Gasteiger partial charge is 0.246 e. The average Bonchev–Trinajstić information content (AvgIpc) is 2.83. The van der Waals surface area contributed by atoms with Crippen LogP contribution in [0, 0.1) is 0 Å². The number of allylic oxidation sites excluding steroid dienone is 2. The number of para-hydroxylation sites is 1. The van der Waals surface area contributed by atoms with Crippen molar-refractivity contribution in [3.05, 3.63) is 82.9 Å². The Kier molecular flexibility index (Phi) is 3.58. The maximum Gasteiger partial charge on any atom is 0.246 e. The van der Waals surface area contributed by atoms with E-state index in [1.807, 2.05) is 43.4 Å². The molecule has 4 heteroatoms. The normalized spacial score (nSPS) is 21.0. The second kappa shape index (κ2) is 5.70. The van der Waals surface area contributed by atoms with Crippen molar-refractivity contribution in [2.75, 3.05) is 11.9 Å². The Labute approximate surface area is 152 Å². The third-order valence-electron chi connectivity index (χ3n) is 5.21. The third kappa shape index (κ3) is 2.30. The van der Waals surface area contributed by atoms with Crippen molar-refractivity contribution in [2.24, 2.45) is 4.99 Å². The number of nitrogens with zero attached hydrogens (tertiary/aromatic N) is 2. The molecule has 0 atom stereocenters. The van der Waals surface area contributed by atoms with E-state index in [0.29, 0.717) is 0 Å². The van der Waals surface area contributed by atoms with E-state index in [0.717, 1.165) is 22.5 Å². The molecule has 0 bridgehead atoms. The van der Waals surface area contributed by atoms with Crippen LogP contribution < -0.4 is 4.90 Å². The van der Waals surface area contributed by atoms with Gasteiger partial charge in [0.1, 0.15) is 5.71 Å². The van der Waals surface area contributed by atoms with E-state index < -0.39 is 5.78 Å². The number of aliphatic hydroxyl groups is 1. The van der Waals surface area contributed by atoms with Crippen LogP contribution in [0.5, 0.6) is 0 Å². The summed E-state index contributed by atoms with van der Waals surface area (Å²) in [5, 5.41) is 9.98. The number of rotatable bonds is 1. The molecule has 0 unspecified atom stereocenters. The molecule has 130 valence electrons. The number of aliphatic imine (C=N–C) groups is 1. The van der Waals surface area contributed by atoms with Crippen LogP contribution in [0.2, 0.25) is 0 Å². The summed E-state index contributed by atoms with van der Waals surface area (Å²) in [6.07, 6.45) is 3.24. The van der Waals surface area contributed by atoms with Crippen molar-refractivity contribution in [1.29, 1.82) is 0 Å². The fourth-order valence-corrected chi connectivity index (χ4v) is 3.78. The number of ketones is 1. The summed E-state index contributed by atoms with van der Waals surface area (Å²) >= 11 is 0. The maximum absolute atomic E-state index is 12.5. The van der Waals surface area contributed by atoms with Gasteiger partial charge in [-0.15, -0.1) is 0 Å². The van der Waals surface area contributed by atoms with Crippen molar-refractivity contribution in [2.45, 2.75) is 19.3 Å². The van der Waals surface area contributed by atoms with Crippen LogP contribution >= 0.6 is 0 Å². The summed E-state index contributed by atoms with van der Waals surface area (Å²) in [6, 6.07) is 15.7. The molecule has 1 heterocycles. The van der Waals surface area contributed by atoms with Gasteiger partial charge in [0.2, 0.25) is 5.78 Å². The SMILES string of the molecule is CN1/C(=C\N=C2C(=O)C(O)=Cc3ccccc32)C(C)(C)c2ccccc21. The van der Waals surface area contributed by atoms with Gasteiger partial charge < -0.3 is 10.0 Å². The zero-order chi connectivity index (χ0) is 18.5. The van der Waals surface area contributed by atoms with Crippen molar-refractivity contribution in [3.8, 4) is 0 Å². The quantitative estimate of drug-likeness (QED) is 0.842. The first-order chi connectivity index (χ1) is 12.4. The minimum absolute atomic E-state index is 0.218. The molecule has 2 aromatic rings. The average molecular weight is 344 g/mol. The minimum atomic E-state index is -0.448. The minimum Gasteiger partial charge on any atom is -0.504 e. The Morgan fingerprint density at radius 2 is 1.77 bits per heavy atom. The number of hydrogen-bond donors (Lipinski definition) is 1. The van der Waals surface area contributed by atoms with E-state index in [4.69, 9.17) is 0 Å². The highest BCUT2D eigenvalue weighted by Crippen LogP contribution is 2.46. The maximum atomic E-state index is 12.5. The zero-order valence-electron chi connectivity index (χ0n) is 15.0. The molecule has 2 aliphatic rings. The zero-order valence-corrected chi connectivity index (χ0v) is 15.0. The molecule has 1 N–H and O–H groups in total. The molecule has 4 nitrogen and oxygen atoms in total. The molecule has 0 saturated heterocycles. The molecule has 1 aliphatic carbocycles. The second-order valence-electron chi connectivity index (χ2n) is 7.14. The van der Waals surface area contributed by atoms with Gasteiger partial charge in [0.25, 0.3) is 0 Å². The van der Waals surface area contributed by atoms with Crippen LogP contribution in [-0.4, -0.2) is 23.6 Å². The Morgan fingerprint density at radius 3 is 2.54 bits per heavy atom. The van der Waals surface area contributed by atoms with Crippen molar-refractivity contribution in [3.63, 3.8) is 0 Å². The van der Waals surface area contributed by atoms with E-state index in [1.54, 1.807) is 6.20 Å². The fraction of sp³-hybridized carbons (Fsp3) is 0.182. The second-order valence-corrected chi connectivity index (χ2v) is 7.14. The van der Waals surface area contributed by atoms with Gasteiger partial charge in [-0.2, -0.15) is 0 Å². The monoisotopic (exact) mass is 344 g/mol. The van der Waals surface area contributed by atoms with Crippen molar-refractivity contribution in [1.82, 2.24) is 0 Å². The predicted octanol–water partition coefficient (Wildman–Crippen LogP) is 4.23. The van der Waals surface area contributed by atoms with Gasteiger partial charge in [-0.1, -0.05) is 56.3 Å². The fourth-order valence-electron chi connectivity index (χ4n) is 3.78. The molecular formula is C22H20N2O2. The summed E-state index contributed by atoms with van der Waals surface area (Å²) < 4.78 is 0. The molecule has 0 amide bonds. The lowest BCUT2D eigenvalue weighted by Crippen LogP contribution is -2.24. The summed E-state index contributed by atoms with van der Waals surface area (Å²) in [5.74, 6) is -0.723. The molecule has 2 aromatic carbocycles. The van der Waals surface area contributed by atoms with E-state index in [-0.39, 0.29) is 16.9 Å². The summed E-state index contributed by atoms with van der Waals surface area (Å²) in [4.78, 5) is 19.1. The lowest BCUT2D eigenvalue weighted by atomic mass is 9.84. The van der Waals surface area contributed by atoms with Gasteiger partial charge in [-0.25, -0.2) is 0 Å². The van der Waals surface area contributed by atoms with Crippen molar-refractivity contribution < 1.29 is 9.90 Å². The predicted molar refractivity (Wildman–Crippen MR) is 105 cm³/mol. The number of anilines is 1. The number of likely N-dealkylation sites (N-methyl/N-ethyl adjacent to an activating group) is 1. The van der Waals surface area contributed by atoms with Gasteiger partial charge in [-0.05, 0) is 23.3 Å². The first-order valence-corrected chi connectivity index (χ1v) is 8.57. The topological polar surface area (TPSA) is 52.9 Å². The van der Waals surface area contributed by atoms with Crippen LogP contribution in [-0.2, 0) is 10.2 Å². The van der Waals surface area contributed by atoms with Gasteiger partial charge in [0.05, 0.1) is 0 Å². The van der Waals surface area contributed by atoms with E-state index in [2.05, 4.69) is 35.9 Å². The molecule has 1 aliphatic heterocycles. The van der Waals surface area contributed by atoms with E-state index in [1.165, 1.54) is 11.6 Å². The largest absolute Gasteiger partial charge is 0.504 e. The van der Waals surface area contributed by atoms with Crippen molar-refractivity contribution >= 4 is 23.3 Å². The van der Waals surface area contributed by atoms with Crippen LogP contribution in [0.1, 0.15) is 30.5 Å². The van der Waals surface area contributed by atoms with Crippen LogP contribution in [0.4, 0.5) is 5.69 Å². The highest BCUT2D eigenvalue weighted by Gasteiger charge is 2.38. The van der Waals surface area contributed by atoms with Crippen LogP contribution in [0.25, 0.3) is 6.08 Å². The Morgan fingerprint density at radius 1 is 1.08 bits per heavy atom. The summed E-state index contributed by atoms with van der Waals surface area (Å²) in [7, 11) is 2.01. The highest BCUT2D eigenvalue weighted by atomic mass is 16.3. The highest BCUT2D eigenvalue weighted by molar-refractivity contribution is 6.53. The van der Waals surface area contributed by atoms with E-state index >= 15 is 0 Å². The molecule has 0 aromatic heterocycles. The Bertz CT molecular complexity index is 1010. The number of aliphatic hydroxyl groups excluding tert-OH is 1. The number of fused-ring (bicyclic) bond motifs is 2. The molecule has 0 radical (unpaired) electrons. The number of hydrogen-bond acceptors (Lipinski definition) is 4. The van der Waals surface area contributed by atoms with Gasteiger partial charge in [0.15, 0.2) is 5.76 Å². The number of carbonyl (C=O) groups excluding carboxylic acids is 1. The van der Waals surface area contributed by atoms with E-state index in [9.17, 15) is 9.90 Å². The molecule has 0 fully saturated rings. The summed E-state index contributed by atoms with van der Waals surface area (Å²) in [5.41, 5.74) is 4.96. The lowest BCUT2D eigenvalue weighted by molar-refractivity contribution is -0.111. The standard InChI is InChI=1S/C22H20N2O2/c1-22(2)16-10-6-7-11-17(16)24(3)19(22)13-23-20-15-9-5-4-8-14(15)12-18(25)21(20)26/h4-13,25H,1-3H3/b19-13-,23-20?. The Balaban J connectivity index is 1.83. The molecular weight excluding hydrogens is 324 g/mol. The summed E-state index contributed by atoms with van der Waals surface area (Å²) in [6.45, 7) is 4.30. The molecule has 0 saturated carbocycles. The Hall–Kier alpha value is -3.14. The first kappa shape index (κ1) is 16.3. The van der Waals surface area contributed by atoms with Gasteiger partial charge in [-0.3, -0.25) is 9.79 Å². The third-order valence-corrected chi connectivity index (χ3v) is 5.21. The van der Waals surface area contributed by atoms with Gasteiger partial charge in [0, 0.05) is 35.6 Å². The van der Waals surface area contributed by atoms with Gasteiger partial charge >= 0.3 is 0 Å². The molecule has 4 rings (SSSR count). The molecule has 0 spiro atoms. The molecule has 26 heavy (non-hydrogen) atoms. The lowest BCUT2D eigenvalue weighted by Gasteiger charge is -2.23.